The number of amides is 1. The van der Waals surface area contributed by atoms with Crippen molar-refractivity contribution < 1.29 is 14.7 Å². The molecule has 4 aromatic rings. The van der Waals surface area contributed by atoms with Crippen LogP contribution in [0.1, 0.15) is 17.3 Å². The first-order chi connectivity index (χ1) is 14.5. The molecule has 2 N–H and O–H groups in total. The van der Waals surface area contributed by atoms with Crippen LogP contribution in [0.15, 0.2) is 72.1 Å². The van der Waals surface area contributed by atoms with Gasteiger partial charge in [-0.15, -0.1) is 11.3 Å². The average molecular weight is 437 g/mol. The highest BCUT2D eigenvalue weighted by atomic mass is 35.5. The standard InChI is InChI=1S/C23H17ClN2O3S/c24-19-8-4-3-7-18(19)22-25-17(13-30-22)12-20(27)26-21(23(28)29)16-10-9-14-5-1-2-6-15(14)11-16/h1-11,13,21H,12H2,(H,26,27)(H,28,29). The van der Waals surface area contributed by atoms with E-state index >= 15 is 0 Å². The predicted octanol–water partition coefficient (Wildman–Crippen LogP) is 5.10. The first kappa shape index (κ1) is 20.1. The highest BCUT2D eigenvalue weighted by molar-refractivity contribution is 7.13. The molecule has 0 spiro atoms. The molecule has 1 aromatic heterocycles. The molecule has 3 aromatic carbocycles. The van der Waals surface area contributed by atoms with Gasteiger partial charge < -0.3 is 10.4 Å². The summed E-state index contributed by atoms with van der Waals surface area (Å²) in [5.74, 6) is -1.53. The summed E-state index contributed by atoms with van der Waals surface area (Å²) < 4.78 is 0. The molecule has 0 aliphatic carbocycles. The number of nitrogens with one attached hydrogen (secondary N) is 1. The third-order valence-electron chi connectivity index (χ3n) is 4.66. The molecule has 0 saturated carbocycles. The Balaban J connectivity index is 1.50. The molecule has 0 radical (unpaired) electrons. The van der Waals surface area contributed by atoms with Gasteiger partial charge in [0.2, 0.25) is 5.91 Å². The lowest BCUT2D eigenvalue weighted by Gasteiger charge is -2.15. The highest BCUT2D eigenvalue weighted by Gasteiger charge is 2.23. The number of hydrogen-bond acceptors (Lipinski definition) is 4. The van der Waals surface area contributed by atoms with Gasteiger partial charge in [0.1, 0.15) is 5.01 Å². The van der Waals surface area contributed by atoms with E-state index in [9.17, 15) is 14.7 Å². The van der Waals surface area contributed by atoms with Gasteiger partial charge in [0, 0.05) is 10.9 Å². The van der Waals surface area contributed by atoms with Gasteiger partial charge in [0.05, 0.1) is 17.1 Å². The smallest absolute Gasteiger partial charge is 0.330 e. The van der Waals surface area contributed by atoms with E-state index in [0.29, 0.717) is 21.3 Å². The number of nitrogens with zero attached hydrogens (tertiary/aromatic N) is 1. The lowest BCUT2D eigenvalue weighted by molar-refractivity contribution is -0.142. The molecule has 150 valence electrons. The van der Waals surface area contributed by atoms with Gasteiger partial charge in [-0.2, -0.15) is 0 Å². The van der Waals surface area contributed by atoms with Crippen molar-refractivity contribution in [3.05, 3.63) is 88.4 Å². The summed E-state index contributed by atoms with van der Waals surface area (Å²) in [6, 6.07) is 19.2. The monoisotopic (exact) mass is 436 g/mol. The number of carbonyl (C=O) groups is 2. The number of benzene rings is 3. The van der Waals surface area contributed by atoms with Crippen LogP contribution in [-0.2, 0) is 16.0 Å². The van der Waals surface area contributed by atoms with Crippen LogP contribution in [-0.4, -0.2) is 22.0 Å². The molecule has 0 bridgehead atoms. The second kappa shape index (κ2) is 8.65. The summed E-state index contributed by atoms with van der Waals surface area (Å²) in [6.45, 7) is 0. The van der Waals surface area contributed by atoms with Crippen LogP contribution in [0.5, 0.6) is 0 Å². The number of halogens is 1. The Morgan fingerprint density at radius 2 is 1.77 bits per heavy atom. The van der Waals surface area contributed by atoms with Crippen molar-refractivity contribution in [2.24, 2.45) is 0 Å². The topological polar surface area (TPSA) is 79.3 Å². The van der Waals surface area contributed by atoms with Crippen LogP contribution in [0.3, 0.4) is 0 Å². The van der Waals surface area contributed by atoms with E-state index in [1.807, 2.05) is 48.5 Å². The van der Waals surface area contributed by atoms with Crippen molar-refractivity contribution in [3.8, 4) is 10.6 Å². The van der Waals surface area contributed by atoms with Crippen molar-refractivity contribution in [2.75, 3.05) is 0 Å². The van der Waals surface area contributed by atoms with Crippen molar-refractivity contribution in [2.45, 2.75) is 12.5 Å². The Bertz CT molecular complexity index is 1240. The zero-order chi connectivity index (χ0) is 21.1. The second-order valence-electron chi connectivity index (χ2n) is 6.75. The fourth-order valence-electron chi connectivity index (χ4n) is 3.20. The van der Waals surface area contributed by atoms with Gasteiger partial charge in [0.15, 0.2) is 6.04 Å². The molecule has 1 heterocycles. The van der Waals surface area contributed by atoms with Crippen molar-refractivity contribution in [1.29, 1.82) is 0 Å². The molecular formula is C23H17ClN2O3S. The van der Waals surface area contributed by atoms with E-state index in [2.05, 4.69) is 10.3 Å². The average Bonchev–Trinajstić information content (AvgIpc) is 3.20. The van der Waals surface area contributed by atoms with Crippen LogP contribution in [0.4, 0.5) is 0 Å². The van der Waals surface area contributed by atoms with Crippen LogP contribution in [0.2, 0.25) is 5.02 Å². The largest absolute Gasteiger partial charge is 0.479 e. The molecule has 5 nitrogen and oxygen atoms in total. The Hall–Kier alpha value is -3.22. The number of fused-ring (bicyclic) bond motifs is 1. The SMILES string of the molecule is O=C(Cc1csc(-c2ccccc2Cl)n1)NC(C(=O)O)c1ccc2ccccc2c1. The number of thiazole rings is 1. The lowest BCUT2D eigenvalue weighted by atomic mass is 10.0. The lowest BCUT2D eigenvalue weighted by Crippen LogP contribution is -2.34. The zero-order valence-electron chi connectivity index (χ0n) is 15.7. The zero-order valence-corrected chi connectivity index (χ0v) is 17.3. The molecule has 0 fully saturated rings. The molecule has 1 atom stereocenters. The maximum atomic E-state index is 12.5. The van der Waals surface area contributed by atoms with Crippen LogP contribution in [0, 0.1) is 0 Å². The quantitative estimate of drug-likeness (QED) is 0.440. The van der Waals surface area contributed by atoms with Crippen molar-refractivity contribution in [3.63, 3.8) is 0 Å². The summed E-state index contributed by atoms with van der Waals surface area (Å²) in [7, 11) is 0. The maximum Gasteiger partial charge on any atom is 0.330 e. The number of carboxylic acids is 1. The summed E-state index contributed by atoms with van der Waals surface area (Å²) in [4.78, 5) is 28.8. The van der Waals surface area contributed by atoms with E-state index in [1.54, 1.807) is 23.6 Å². The molecule has 7 heteroatoms. The van der Waals surface area contributed by atoms with Crippen LogP contribution >= 0.6 is 22.9 Å². The van der Waals surface area contributed by atoms with Crippen LogP contribution in [0.25, 0.3) is 21.3 Å². The molecule has 30 heavy (non-hydrogen) atoms. The van der Waals surface area contributed by atoms with E-state index in [-0.39, 0.29) is 6.42 Å². The minimum atomic E-state index is -1.14. The number of aliphatic carboxylic acids is 1. The third kappa shape index (κ3) is 4.35. The molecule has 1 amide bonds. The number of carbonyl (C=O) groups excluding carboxylic acids is 1. The maximum absolute atomic E-state index is 12.5. The molecule has 0 saturated heterocycles. The minimum Gasteiger partial charge on any atom is -0.479 e. The van der Waals surface area contributed by atoms with E-state index in [0.717, 1.165) is 16.3 Å². The third-order valence-corrected chi connectivity index (χ3v) is 5.91. The van der Waals surface area contributed by atoms with E-state index in [1.165, 1.54) is 11.3 Å². The van der Waals surface area contributed by atoms with Crippen molar-refractivity contribution >= 4 is 45.6 Å². The fourth-order valence-corrected chi connectivity index (χ4v) is 4.34. The Kier molecular flexibility index (Phi) is 5.79. The number of aromatic nitrogens is 1. The first-order valence-corrected chi connectivity index (χ1v) is 10.5. The van der Waals surface area contributed by atoms with Gasteiger partial charge in [-0.1, -0.05) is 66.2 Å². The Labute approximate surface area is 182 Å². The molecule has 4 rings (SSSR count). The van der Waals surface area contributed by atoms with Gasteiger partial charge in [-0.05, 0) is 28.5 Å². The summed E-state index contributed by atoms with van der Waals surface area (Å²) in [5.41, 5.74) is 1.88. The number of hydrogen-bond donors (Lipinski definition) is 2. The van der Waals surface area contributed by atoms with Gasteiger partial charge in [-0.25, -0.2) is 9.78 Å². The minimum absolute atomic E-state index is 0.0156. The Morgan fingerprint density at radius 1 is 1.03 bits per heavy atom. The van der Waals surface area contributed by atoms with Crippen LogP contribution < -0.4 is 5.32 Å². The first-order valence-electron chi connectivity index (χ1n) is 9.21. The molecule has 1 unspecified atom stereocenters. The second-order valence-corrected chi connectivity index (χ2v) is 8.01. The molecule has 0 aliphatic rings. The van der Waals surface area contributed by atoms with Gasteiger partial charge in [-0.3, -0.25) is 4.79 Å². The fraction of sp³-hybridized carbons (Fsp3) is 0.0870. The Morgan fingerprint density at radius 3 is 2.53 bits per heavy atom. The van der Waals surface area contributed by atoms with Gasteiger partial charge >= 0.3 is 5.97 Å². The predicted molar refractivity (Wildman–Crippen MR) is 119 cm³/mol. The summed E-state index contributed by atoms with van der Waals surface area (Å²) in [6.07, 6.45) is -0.0156. The number of rotatable bonds is 6. The normalized spacial score (nSPS) is 11.9. The molecule has 0 aliphatic heterocycles. The van der Waals surface area contributed by atoms with Gasteiger partial charge in [0.25, 0.3) is 0 Å². The number of carboxylic acid groups (broad SMARTS) is 1. The summed E-state index contributed by atoms with van der Waals surface area (Å²) >= 11 is 7.60. The van der Waals surface area contributed by atoms with E-state index in [4.69, 9.17) is 11.6 Å². The van der Waals surface area contributed by atoms with Crippen molar-refractivity contribution in [1.82, 2.24) is 10.3 Å². The van der Waals surface area contributed by atoms with E-state index < -0.39 is 17.9 Å². The summed E-state index contributed by atoms with van der Waals surface area (Å²) in [5, 5.41) is 17.3. The molecular weight excluding hydrogens is 420 g/mol. The highest BCUT2D eigenvalue weighted by Crippen LogP contribution is 2.30.